The summed E-state index contributed by atoms with van der Waals surface area (Å²) in [5.41, 5.74) is 0. The molecule has 0 aliphatic rings. The lowest BCUT2D eigenvalue weighted by atomic mass is 10.1. The van der Waals surface area contributed by atoms with Gasteiger partial charge in [0, 0.05) is 0 Å². The minimum Gasteiger partial charge on any atom is -0.303 e. The van der Waals surface area contributed by atoms with Crippen molar-refractivity contribution < 1.29 is 18.9 Å². The Hall–Kier alpha value is -0.150. The van der Waals surface area contributed by atoms with E-state index in [1.807, 2.05) is 0 Å². The van der Waals surface area contributed by atoms with Crippen LogP contribution in [-0.4, -0.2) is 16.4 Å². The first-order chi connectivity index (χ1) is 12.1. The van der Waals surface area contributed by atoms with Crippen LogP contribution in [0.3, 0.4) is 0 Å². The highest BCUT2D eigenvalue weighted by Gasteiger charge is 2.12. The monoisotopic (exact) mass is 375 g/mol. The smallest absolute Gasteiger partial charge is 0.303 e. The van der Waals surface area contributed by atoms with E-state index < -0.39 is 7.82 Å². The second kappa shape index (κ2) is 18.6. The Bertz CT molecular complexity index is 339. The molecule has 0 rings (SSSR count). The van der Waals surface area contributed by atoms with Gasteiger partial charge in [0.25, 0.3) is 0 Å². The minimum atomic E-state index is -4.30. The topological polar surface area (TPSA) is 66.8 Å². The Balaban J connectivity index is 3.11. The molecule has 0 fully saturated rings. The van der Waals surface area contributed by atoms with E-state index in [1.165, 1.54) is 83.5 Å². The molecule has 4 nitrogen and oxygen atoms in total. The highest BCUT2D eigenvalue weighted by Crippen LogP contribution is 2.35. The number of unbranched alkanes of at least 4 members (excludes halogenated alkanes) is 14. The van der Waals surface area contributed by atoms with Crippen LogP contribution in [0.15, 0.2) is 12.2 Å². The maximum absolute atomic E-state index is 10.5. The number of phosphoric ester groups is 1. The van der Waals surface area contributed by atoms with E-state index in [1.54, 1.807) is 6.42 Å². The van der Waals surface area contributed by atoms with E-state index in [0.717, 1.165) is 12.8 Å². The van der Waals surface area contributed by atoms with Crippen LogP contribution in [0.4, 0.5) is 0 Å². The van der Waals surface area contributed by atoms with Crippen LogP contribution in [0.1, 0.15) is 103 Å². The fourth-order valence-electron chi connectivity index (χ4n) is 2.77. The van der Waals surface area contributed by atoms with E-state index in [2.05, 4.69) is 23.6 Å². The molecule has 0 atom stereocenters. The predicted octanol–water partition coefficient (Wildman–Crippen LogP) is 6.73. The average molecular weight is 376 g/mol. The SMILES string of the molecule is CCCCCCCC/C=C\CCCCCCCC[CH]COP(=O)(O)O. The molecule has 0 unspecified atom stereocenters. The summed E-state index contributed by atoms with van der Waals surface area (Å²) in [6.07, 6.45) is 25.4. The largest absolute Gasteiger partial charge is 0.469 e. The predicted molar refractivity (Wildman–Crippen MR) is 106 cm³/mol. The molecule has 0 bridgehead atoms. The summed E-state index contributed by atoms with van der Waals surface area (Å²) in [4.78, 5) is 17.1. The van der Waals surface area contributed by atoms with Crippen molar-refractivity contribution in [3.05, 3.63) is 18.6 Å². The summed E-state index contributed by atoms with van der Waals surface area (Å²) in [5, 5.41) is 0. The fourth-order valence-corrected chi connectivity index (χ4v) is 3.07. The van der Waals surface area contributed by atoms with E-state index >= 15 is 0 Å². The summed E-state index contributed by atoms with van der Waals surface area (Å²) >= 11 is 0. The summed E-state index contributed by atoms with van der Waals surface area (Å²) in [6.45, 7) is 2.30. The molecule has 0 aromatic heterocycles. The summed E-state index contributed by atoms with van der Waals surface area (Å²) in [6, 6.07) is 0. The van der Waals surface area contributed by atoms with Crippen molar-refractivity contribution in [2.45, 2.75) is 103 Å². The van der Waals surface area contributed by atoms with Gasteiger partial charge in [0.2, 0.25) is 0 Å². The van der Waals surface area contributed by atoms with E-state index in [4.69, 9.17) is 9.79 Å². The highest BCUT2D eigenvalue weighted by molar-refractivity contribution is 7.46. The van der Waals surface area contributed by atoms with Crippen LogP contribution in [-0.2, 0) is 9.09 Å². The summed E-state index contributed by atoms with van der Waals surface area (Å²) in [5.74, 6) is 0. The third-order valence-electron chi connectivity index (χ3n) is 4.28. The maximum Gasteiger partial charge on any atom is 0.469 e. The van der Waals surface area contributed by atoms with Gasteiger partial charge >= 0.3 is 7.82 Å². The number of hydrogen-bond donors (Lipinski definition) is 2. The lowest BCUT2D eigenvalue weighted by molar-refractivity contribution is 0.208. The van der Waals surface area contributed by atoms with Crippen molar-refractivity contribution >= 4 is 7.82 Å². The van der Waals surface area contributed by atoms with Gasteiger partial charge in [-0.3, -0.25) is 4.52 Å². The van der Waals surface area contributed by atoms with Crippen molar-refractivity contribution in [1.82, 2.24) is 0 Å². The number of hydrogen-bond acceptors (Lipinski definition) is 2. The average Bonchev–Trinajstić information content (AvgIpc) is 2.56. The molecular weight excluding hydrogens is 335 g/mol. The van der Waals surface area contributed by atoms with Gasteiger partial charge in [0.05, 0.1) is 6.61 Å². The maximum atomic E-state index is 10.5. The third-order valence-corrected chi connectivity index (χ3v) is 4.77. The zero-order valence-electron chi connectivity index (χ0n) is 16.2. The Kier molecular flexibility index (Phi) is 18.5. The molecule has 0 saturated heterocycles. The molecule has 1 radical (unpaired) electrons. The van der Waals surface area contributed by atoms with Gasteiger partial charge in [-0.2, -0.15) is 0 Å². The van der Waals surface area contributed by atoms with E-state index in [-0.39, 0.29) is 6.61 Å². The van der Waals surface area contributed by atoms with Gasteiger partial charge < -0.3 is 9.79 Å². The first kappa shape index (κ1) is 24.8. The van der Waals surface area contributed by atoms with Crippen LogP contribution in [0.5, 0.6) is 0 Å². The Morgan fingerprint density at radius 3 is 1.64 bits per heavy atom. The van der Waals surface area contributed by atoms with Gasteiger partial charge in [0.15, 0.2) is 0 Å². The summed E-state index contributed by atoms with van der Waals surface area (Å²) in [7, 11) is -4.30. The molecule has 25 heavy (non-hydrogen) atoms. The summed E-state index contributed by atoms with van der Waals surface area (Å²) < 4.78 is 14.8. The van der Waals surface area contributed by atoms with Crippen molar-refractivity contribution in [2.24, 2.45) is 0 Å². The van der Waals surface area contributed by atoms with Crippen molar-refractivity contribution in [2.75, 3.05) is 6.61 Å². The Labute approximate surface area is 155 Å². The van der Waals surface area contributed by atoms with Gasteiger partial charge in [-0.1, -0.05) is 83.3 Å². The molecular formula is C20H40O4P. The van der Waals surface area contributed by atoms with Crippen LogP contribution in [0, 0.1) is 6.42 Å². The van der Waals surface area contributed by atoms with Crippen molar-refractivity contribution in [3.8, 4) is 0 Å². The number of phosphoric acid groups is 1. The van der Waals surface area contributed by atoms with Crippen molar-refractivity contribution in [1.29, 1.82) is 0 Å². The van der Waals surface area contributed by atoms with Crippen molar-refractivity contribution in [3.63, 3.8) is 0 Å². The second-order valence-corrected chi connectivity index (χ2v) is 8.04. The molecule has 0 aromatic carbocycles. The molecule has 0 spiro atoms. The Morgan fingerprint density at radius 2 is 1.16 bits per heavy atom. The molecule has 2 N–H and O–H groups in total. The zero-order valence-corrected chi connectivity index (χ0v) is 17.1. The van der Waals surface area contributed by atoms with Gasteiger partial charge in [-0.25, -0.2) is 4.57 Å². The Morgan fingerprint density at radius 1 is 0.720 bits per heavy atom. The van der Waals surface area contributed by atoms with Gasteiger partial charge in [-0.15, -0.1) is 0 Å². The van der Waals surface area contributed by atoms with Crippen LogP contribution in [0.25, 0.3) is 0 Å². The van der Waals surface area contributed by atoms with Gasteiger partial charge in [0.1, 0.15) is 0 Å². The molecule has 5 heteroatoms. The normalized spacial score (nSPS) is 12.3. The van der Waals surface area contributed by atoms with E-state index in [9.17, 15) is 4.57 Å². The molecule has 0 amide bonds. The molecule has 0 aliphatic carbocycles. The third kappa shape index (κ3) is 23.9. The molecule has 0 heterocycles. The fraction of sp³-hybridized carbons (Fsp3) is 0.850. The minimum absolute atomic E-state index is 0.0371. The van der Waals surface area contributed by atoms with Gasteiger partial charge in [-0.05, 0) is 38.5 Å². The second-order valence-electron chi connectivity index (χ2n) is 6.80. The van der Waals surface area contributed by atoms with Crippen LogP contribution >= 0.6 is 7.82 Å². The number of rotatable bonds is 19. The first-order valence-corrected chi connectivity index (χ1v) is 11.8. The highest BCUT2D eigenvalue weighted by atomic mass is 31.2. The molecule has 0 saturated carbocycles. The lowest BCUT2D eigenvalue weighted by Crippen LogP contribution is -1.93. The van der Waals surface area contributed by atoms with Crippen LogP contribution in [0.2, 0.25) is 0 Å². The first-order valence-electron chi connectivity index (χ1n) is 10.2. The molecule has 0 aliphatic heterocycles. The zero-order chi connectivity index (χ0) is 18.6. The molecule has 0 aromatic rings. The van der Waals surface area contributed by atoms with Crippen LogP contribution < -0.4 is 0 Å². The molecule has 149 valence electrons. The van der Waals surface area contributed by atoms with E-state index in [0.29, 0.717) is 0 Å². The quantitative estimate of drug-likeness (QED) is 0.149. The lowest BCUT2D eigenvalue weighted by Gasteiger charge is -2.04. The number of allylic oxidation sites excluding steroid dienone is 2. The standard InChI is InChI=1S/C20H40O4P/c1-2-3-4-5-6-7-8-9-10-11-12-13-14-15-16-17-18-19-20-24-25(21,22)23/h9-10,19H,2-8,11-18,20H2,1H3,(H2,21,22,23)/b10-9-.